The molecule has 2 aromatic heterocycles. The summed E-state index contributed by atoms with van der Waals surface area (Å²) in [6, 6.07) is 3.51. The van der Waals surface area contributed by atoms with Gasteiger partial charge in [-0.25, -0.2) is 9.97 Å². The minimum absolute atomic E-state index is 0.338. The Hall–Kier alpha value is -2.31. The smallest absolute Gasteiger partial charge is 0.149 e. The van der Waals surface area contributed by atoms with Crippen molar-refractivity contribution in [2.24, 2.45) is 0 Å². The third-order valence-electron chi connectivity index (χ3n) is 2.09. The molecule has 0 fully saturated rings. The molecule has 0 aliphatic carbocycles. The van der Waals surface area contributed by atoms with E-state index >= 15 is 0 Å². The van der Waals surface area contributed by atoms with Crippen molar-refractivity contribution in [1.29, 1.82) is 0 Å². The van der Waals surface area contributed by atoms with Crippen molar-refractivity contribution < 1.29 is 0 Å². The monoisotopic (exact) mass is 219 g/mol. The standard InChI is InChI=1S/C9H13N7/c10-6-1-2-7(15-9(6)11)12-4-3-8-13-5-14-16-8/h1-2,5H,3-4,10H2,(H3,11,12,15)(H,13,14,16). The summed E-state index contributed by atoms with van der Waals surface area (Å²) in [5.74, 6) is 1.87. The lowest BCUT2D eigenvalue weighted by molar-refractivity contribution is 0.897. The molecule has 16 heavy (non-hydrogen) atoms. The molecule has 0 atom stereocenters. The summed E-state index contributed by atoms with van der Waals surface area (Å²) < 4.78 is 0. The van der Waals surface area contributed by atoms with Crippen molar-refractivity contribution in [2.75, 3.05) is 23.3 Å². The molecule has 0 spiro atoms. The minimum atomic E-state index is 0.338. The Balaban J connectivity index is 1.87. The Labute approximate surface area is 92.3 Å². The van der Waals surface area contributed by atoms with E-state index in [1.54, 1.807) is 12.1 Å². The summed E-state index contributed by atoms with van der Waals surface area (Å²) in [7, 11) is 0. The molecule has 6 N–H and O–H groups in total. The van der Waals surface area contributed by atoms with Crippen molar-refractivity contribution in [3.8, 4) is 0 Å². The molecule has 7 heteroatoms. The van der Waals surface area contributed by atoms with Crippen LogP contribution in [0.1, 0.15) is 5.82 Å². The van der Waals surface area contributed by atoms with E-state index in [0.717, 1.165) is 12.2 Å². The molecule has 0 bridgehead atoms. The highest BCUT2D eigenvalue weighted by molar-refractivity contribution is 5.61. The van der Waals surface area contributed by atoms with Gasteiger partial charge in [-0.2, -0.15) is 5.10 Å². The number of pyridine rings is 1. The average molecular weight is 219 g/mol. The van der Waals surface area contributed by atoms with Crippen molar-refractivity contribution >= 4 is 17.3 Å². The van der Waals surface area contributed by atoms with Crippen molar-refractivity contribution in [3.63, 3.8) is 0 Å². The van der Waals surface area contributed by atoms with Crippen LogP contribution in [0.25, 0.3) is 0 Å². The minimum Gasteiger partial charge on any atom is -0.396 e. The van der Waals surface area contributed by atoms with E-state index in [4.69, 9.17) is 11.5 Å². The SMILES string of the molecule is Nc1ccc(NCCc2ncn[nH]2)nc1N. The fourth-order valence-corrected chi connectivity index (χ4v) is 1.24. The Morgan fingerprint density at radius 3 is 2.88 bits per heavy atom. The van der Waals surface area contributed by atoms with Crippen molar-refractivity contribution in [2.45, 2.75) is 6.42 Å². The summed E-state index contributed by atoms with van der Waals surface area (Å²) in [5.41, 5.74) is 11.6. The number of aromatic nitrogens is 4. The van der Waals surface area contributed by atoms with Crippen LogP contribution in [0.5, 0.6) is 0 Å². The quantitative estimate of drug-likeness (QED) is 0.575. The first-order valence-corrected chi connectivity index (χ1v) is 4.86. The molecular weight excluding hydrogens is 206 g/mol. The molecule has 7 nitrogen and oxygen atoms in total. The molecular formula is C9H13N7. The van der Waals surface area contributed by atoms with Crippen LogP contribution in [0.15, 0.2) is 18.5 Å². The van der Waals surface area contributed by atoms with Gasteiger partial charge in [-0.3, -0.25) is 5.10 Å². The molecule has 0 saturated heterocycles. The highest BCUT2D eigenvalue weighted by Crippen LogP contribution is 2.14. The lowest BCUT2D eigenvalue weighted by Crippen LogP contribution is -2.08. The average Bonchev–Trinajstić information content (AvgIpc) is 2.76. The fraction of sp³-hybridized carbons (Fsp3) is 0.222. The Morgan fingerprint density at radius 2 is 2.19 bits per heavy atom. The first-order valence-electron chi connectivity index (χ1n) is 4.86. The van der Waals surface area contributed by atoms with Gasteiger partial charge >= 0.3 is 0 Å². The third kappa shape index (κ3) is 2.38. The van der Waals surface area contributed by atoms with E-state index in [0.29, 0.717) is 23.9 Å². The van der Waals surface area contributed by atoms with Crippen LogP contribution < -0.4 is 16.8 Å². The van der Waals surface area contributed by atoms with E-state index < -0.39 is 0 Å². The number of nitrogens with one attached hydrogen (secondary N) is 2. The first kappa shape index (κ1) is 10.2. The summed E-state index contributed by atoms with van der Waals surface area (Å²) in [4.78, 5) is 8.09. The van der Waals surface area contributed by atoms with Gasteiger partial charge < -0.3 is 16.8 Å². The maximum atomic E-state index is 5.58. The topological polar surface area (TPSA) is 119 Å². The zero-order chi connectivity index (χ0) is 11.4. The number of aromatic amines is 1. The van der Waals surface area contributed by atoms with E-state index in [2.05, 4.69) is 25.5 Å². The zero-order valence-corrected chi connectivity index (χ0v) is 8.64. The molecule has 0 unspecified atom stereocenters. The van der Waals surface area contributed by atoms with Crippen LogP contribution in [0.3, 0.4) is 0 Å². The Bertz CT molecular complexity index is 451. The highest BCUT2D eigenvalue weighted by atomic mass is 15.2. The van der Waals surface area contributed by atoms with Gasteiger partial charge in [-0.15, -0.1) is 0 Å². The van der Waals surface area contributed by atoms with Crippen LogP contribution in [-0.2, 0) is 6.42 Å². The lowest BCUT2D eigenvalue weighted by atomic mass is 10.3. The van der Waals surface area contributed by atoms with E-state index in [-0.39, 0.29) is 0 Å². The summed E-state index contributed by atoms with van der Waals surface area (Å²) in [6.07, 6.45) is 2.22. The molecule has 2 rings (SSSR count). The van der Waals surface area contributed by atoms with Gasteiger partial charge in [-0.1, -0.05) is 0 Å². The second kappa shape index (κ2) is 4.47. The number of hydrogen-bond acceptors (Lipinski definition) is 6. The largest absolute Gasteiger partial charge is 0.396 e. The van der Waals surface area contributed by atoms with Gasteiger partial charge in [-0.05, 0) is 12.1 Å². The van der Waals surface area contributed by atoms with Gasteiger partial charge in [0.2, 0.25) is 0 Å². The van der Waals surface area contributed by atoms with Gasteiger partial charge in [0.05, 0.1) is 5.69 Å². The van der Waals surface area contributed by atoms with Gasteiger partial charge in [0.25, 0.3) is 0 Å². The van der Waals surface area contributed by atoms with Crippen molar-refractivity contribution in [3.05, 3.63) is 24.3 Å². The maximum Gasteiger partial charge on any atom is 0.149 e. The van der Waals surface area contributed by atoms with Gasteiger partial charge in [0, 0.05) is 13.0 Å². The predicted molar refractivity (Wildman–Crippen MR) is 61.6 cm³/mol. The molecule has 2 heterocycles. The number of rotatable bonds is 4. The molecule has 0 aliphatic heterocycles. The van der Waals surface area contributed by atoms with E-state index in [1.807, 2.05) is 0 Å². The zero-order valence-electron chi connectivity index (χ0n) is 8.64. The molecule has 0 radical (unpaired) electrons. The fourth-order valence-electron chi connectivity index (χ4n) is 1.24. The Morgan fingerprint density at radius 1 is 1.31 bits per heavy atom. The summed E-state index contributed by atoms with van der Waals surface area (Å²) in [6.45, 7) is 0.700. The summed E-state index contributed by atoms with van der Waals surface area (Å²) in [5, 5.41) is 9.65. The third-order valence-corrected chi connectivity index (χ3v) is 2.09. The molecule has 0 saturated carbocycles. The Kier molecular flexibility index (Phi) is 2.86. The summed E-state index contributed by atoms with van der Waals surface area (Å²) >= 11 is 0. The number of anilines is 3. The normalized spacial score (nSPS) is 10.2. The molecule has 0 amide bonds. The molecule has 2 aromatic rings. The van der Waals surface area contributed by atoms with Crippen LogP contribution >= 0.6 is 0 Å². The molecule has 0 aromatic carbocycles. The molecule has 84 valence electrons. The van der Waals surface area contributed by atoms with Crippen LogP contribution in [0.2, 0.25) is 0 Å². The van der Waals surface area contributed by atoms with Crippen LogP contribution in [0.4, 0.5) is 17.3 Å². The van der Waals surface area contributed by atoms with E-state index in [9.17, 15) is 0 Å². The maximum absolute atomic E-state index is 5.58. The number of nitrogens with two attached hydrogens (primary N) is 2. The number of nitrogens with zero attached hydrogens (tertiary/aromatic N) is 3. The number of nitrogen functional groups attached to an aromatic ring is 2. The van der Waals surface area contributed by atoms with Crippen molar-refractivity contribution in [1.82, 2.24) is 20.2 Å². The van der Waals surface area contributed by atoms with Gasteiger partial charge in [0.1, 0.15) is 23.8 Å². The number of hydrogen-bond donors (Lipinski definition) is 4. The van der Waals surface area contributed by atoms with E-state index in [1.165, 1.54) is 6.33 Å². The van der Waals surface area contributed by atoms with Gasteiger partial charge in [0.15, 0.2) is 0 Å². The van der Waals surface area contributed by atoms with Crippen LogP contribution in [-0.4, -0.2) is 26.7 Å². The second-order valence-electron chi connectivity index (χ2n) is 3.28. The first-order chi connectivity index (χ1) is 7.75. The van der Waals surface area contributed by atoms with Crippen LogP contribution in [0, 0.1) is 0 Å². The predicted octanol–water partition coefficient (Wildman–Crippen LogP) is 0.0187. The second-order valence-corrected chi connectivity index (χ2v) is 3.28. The lowest BCUT2D eigenvalue weighted by Gasteiger charge is -2.06. The molecule has 0 aliphatic rings. The highest BCUT2D eigenvalue weighted by Gasteiger charge is 1.99. The number of H-pyrrole nitrogens is 1.